The lowest BCUT2D eigenvalue weighted by molar-refractivity contribution is -0.127. The molecule has 0 aromatic carbocycles. The maximum absolute atomic E-state index is 11.8. The van der Waals surface area contributed by atoms with Crippen LogP contribution in [0.1, 0.15) is 19.8 Å². The first-order valence-electron chi connectivity index (χ1n) is 7.20. The molecule has 0 spiro atoms. The number of amides is 1. The summed E-state index contributed by atoms with van der Waals surface area (Å²) in [4.78, 5) is 18.7. The molecule has 1 saturated heterocycles. The Morgan fingerprint density at radius 2 is 1.95 bits per heavy atom. The van der Waals surface area contributed by atoms with E-state index in [0.717, 1.165) is 52.1 Å². The summed E-state index contributed by atoms with van der Waals surface area (Å²) in [5, 5.41) is 0. The molecule has 1 heterocycles. The van der Waals surface area contributed by atoms with Crippen LogP contribution in [-0.2, 0) is 4.79 Å². The van der Waals surface area contributed by atoms with Gasteiger partial charge >= 0.3 is 0 Å². The Morgan fingerprint density at radius 3 is 2.42 bits per heavy atom. The molecule has 1 amide bonds. The molecule has 1 rings (SSSR count). The minimum atomic E-state index is -0.0639. The fourth-order valence-electron chi connectivity index (χ4n) is 2.49. The Kier molecular flexibility index (Phi) is 7.30. The van der Waals surface area contributed by atoms with Crippen molar-refractivity contribution < 1.29 is 4.79 Å². The number of hydrazine groups is 1. The number of nitrogens with zero attached hydrogens (tertiary/aromatic N) is 3. The van der Waals surface area contributed by atoms with Gasteiger partial charge in [-0.1, -0.05) is 13.3 Å². The molecule has 6 heteroatoms. The van der Waals surface area contributed by atoms with Crippen molar-refractivity contribution in [2.24, 2.45) is 5.84 Å². The molecule has 0 aromatic rings. The summed E-state index contributed by atoms with van der Waals surface area (Å²) in [7, 11) is 4.19. The summed E-state index contributed by atoms with van der Waals surface area (Å²) in [5.41, 5.74) is 2.30. The van der Waals surface area contributed by atoms with Crippen LogP contribution in [0.25, 0.3) is 0 Å². The predicted molar refractivity (Wildman–Crippen MR) is 77.6 cm³/mol. The van der Waals surface area contributed by atoms with Gasteiger partial charge in [0, 0.05) is 39.3 Å². The number of rotatable bonds is 7. The van der Waals surface area contributed by atoms with Crippen LogP contribution < -0.4 is 11.3 Å². The minimum absolute atomic E-state index is 0.0522. The molecule has 3 N–H and O–H groups in total. The van der Waals surface area contributed by atoms with E-state index in [0.29, 0.717) is 0 Å². The number of nitrogens with two attached hydrogens (primary N) is 1. The van der Waals surface area contributed by atoms with Crippen LogP contribution >= 0.6 is 0 Å². The summed E-state index contributed by atoms with van der Waals surface area (Å²) < 4.78 is 0. The average Bonchev–Trinajstić information content (AvgIpc) is 2.42. The minimum Gasteiger partial charge on any atom is -0.308 e. The second kappa shape index (κ2) is 8.47. The van der Waals surface area contributed by atoms with E-state index in [2.05, 4.69) is 41.1 Å². The molecule has 0 saturated carbocycles. The highest BCUT2D eigenvalue weighted by atomic mass is 16.2. The van der Waals surface area contributed by atoms with Gasteiger partial charge in [-0.3, -0.25) is 20.0 Å². The second-order valence-electron chi connectivity index (χ2n) is 5.49. The summed E-state index contributed by atoms with van der Waals surface area (Å²) in [6, 6.07) is -0.0639. The highest BCUT2D eigenvalue weighted by Crippen LogP contribution is 2.11. The van der Waals surface area contributed by atoms with Gasteiger partial charge < -0.3 is 4.90 Å². The Balaban J connectivity index is 2.39. The molecular weight excluding hydrogens is 242 g/mol. The Labute approximate surface area is 116 Å². The second-order valence-corrected chi connectivity index (χ2v) is 5.49. The number of piperazine rings is 1. The molecule has 1 aliphatic heterocycles. The highest BCUT2D eigenvalue weighted by Gasteiger charge is 2.27. The number of hydrogen-bond acceptors (Lipinski definition) is 5. The normalized spacial score (nSPS) is 19.6. The van der Waals surface area contributed by atoms with E-state index >= 15 is 0 Å². The standard InChI is InChI=1S/C13H29N5O/c1-4-5-12(13(19)15-14)18-10-8-17(9-11-18)7-6-16(2)3/h12H,4-11,14H2,1-3H3,(H,15,19). The molecular formula is C13H29N5O. The van der Waals surface area contributed by atoms with Gasteiger partial charge in [0.2, 0.25) is 0 Å². The van der Waals surface area contributed by atoms with Gasteiger partial charge in [0.25, 0.3) is 5.91 Å². The number of carbonyl (C=O) groups is 1. The molecule has 112 valence electrons. The Morgan fingerprint density at radius 1 is 1.32 bits per heavy atom. The van der Waals surface area contributed by atoms with E-state index in [1.165, 1.54) is 0 Å². The maximum Gasteiger partial charge on any atom is 0.251 e. The molecule has 1 unspecified atom stereocenters. The lowest BCUT2D eigenvalue weighted by atomic mass is 10.1. The van der Waals surface area contributed by atoms with Gasteiger partial charge in [0.15, 0.2) is 0 Å². The topological polar surface area (TPSA) is 64.8 Å². The lowest BCUT2D eigenvalue weighted by Gasteiger charge is -2.38. The molecule has 1 aliphatic rings. The summed E-state index contributed by atoms with van der Waals surface area (Å²) >= 11 is 0. The molecule has 0 radical (unpaired) electrons. The third-order valence-corrected chi connectivity index (χ3v) is 3.72. The van der Waals surface area contributed by atoms with E-state index in [4.69, 9.17) is 5.84 Å². The van der Waals surface area contributed by atoms with E-state index in [1.807, 2.05) is 0 Å². The van der Waals surface area contributed by atoms with Gasteiger partial charge in [0.1, 0.15) is 0 Å². The van der Waals surface area contributed by atoms with Crippen LogP contribution in [0.5, 0.6) is 0 Å². The smallest absolute Gasteiger partial charge is 0.251 e. The van der Waals surface area contributed by atoms with Crippen LogP contribution in [0.4, 0.5) is 0 Å². The van der Waals surface area contributed by atoms with E-state index in [-0.39, 0.29) is 11.9 Å². The van der Waals surface area contributed by atoms with E-state index in [1.54, 1.807) is 0 Å². The zero-order chi connectivity index (χ0) is 14.3. The molecule has 0 aliphatic carbocycles. The van der Waals surface area contributed by atoms with Crippen LogP contribution in [0.2, 0.25) is 0 Å². The monoisotopic (exact) mass is 271 g/mol. The van der Waals surface area contributed by atoms with Crippen LogP contribution in [0.15, 0.2) is 0 Å². The van der Waals surface area contributed by atoms with Crippen molar-refractivity contribution in [3.8, 4) is 0 Å². The molecule has 1 fully saturated rings. The fourth-order valence-corrected chi connectivity index (χ4v) is 2.49. The van der Waals surface area contributed by atoms with Crippen molar-refractivity contribution in [2.45, 2.75) is 25.8 Å². The largest absolute Gasteiger partial charge is 0.308 e. The zero-order valence-corrected chi connectivity index (χ0v) is 12.6. The van der Waals surface area contributed by atoms with E-state index < -0.39 is 0 Å². The molecule has 19 heavy (non-hydrogen) atoms. The van der Waals surface area contributed by atoms with Gasteiger partial charge in [-0.15, -0.1) is 0 Å². The van der Waals surface area contributed by atoms with Crippen molar-refractivity contribution in [3.05, 3.63) is 0 Å². The van der Waals surface area contributed by atoms with E-state index in [9.17, 15) is 4.79 Å². The lowest BCUT2D eigenvalue weighted by Crippen LogP contribution is -2.56. The first-order valence-corrected chi connectivity index (χ1v) is 7.20. The van der Waals surface area contributed by atoms with Crippen LogP contribution in [0.3, 0.4) is 0 Å². The van der Waals surface area contributed by atoms with Crippen LogP contribution in [-0.4, -0.2) is 80.0 Å². The fraction of sp³-hybridized carbons (Fsp3) is 0.923. The van der Waals surface area contributed by atoms with Crippen LogP contribution in [0, 0.1) is 0 Å². The first-order chi connectivity index (χ1) is 9.08. The van der Waals surface area contributed by atoms with Crippen molar-refractivity contribution in [1.29, 1.82) is 0 Å². The summed E-state index contributed by atoms with van der Waals surface area (Å²) in [6.45, 7) is 8.25. The number of nitrogens with one attached hydrogen (secondary N) is 1. The average molecular weight is 271 g/mol. The summed E-state index contributed by atoms with van der Waals surface area (Å²) in [5.74, 6) is 5.22. The predicted octanol–water partition coefficient (Wildman–Crippen LogP) is -0.676. The molecule has 0 bridgehead atoms. The third kappa shape index (κ3) is 5.44. The Hall–Kier alpha value is -0.690. The first kappa shape index (κ1) is 16.4. The zero-order valence-electron chi connectivity index (χ0n) is 12.6. The van der Waals surface area contributed by atoms with Crippen molar-refractivity contribution in [2.75, 3.05) is 53.4 Å². The molecule has 1 atom stereocenters. The number of carbonyl (C=O) groups excluding carboxylic acids is 1. The van der Waals surface area contributed by atoms with Crippen molar-refractivity contribution in [3.63, 3.8) is 0 Å². The van der Waals surface area contributed by atoms with Gasteiger partial charge in [-0.2, -0.15) is 0 Å². The highest BCUT2D eigenvalue weighted by molar-refractivity contribution is 5.81. The number of hydrogen-bond donors (Lipinski definition) is 2. The van der Waals surface area contributed by atoms with Crippen molar-refractivity contribution in [1.82, 2.24) is 20.1 Å². The third-order valence-electron chi connectivity index (χ3n) is 3.72. The number of likely N-dealkylation sites (N-methyl/N-ethyl adjacent to an activating group) is 1. The Bertz CT molecular complexity index is 264. The van der Waals surface area contributed by atoms with Gasteiger partial charge in [-0.25, -0.2) is 5.84 Å². The quantitative estimate of drug-likeness (QED) is 0.365. The molecule has 0 aromatic heterocycles. The SMILES string of the molecule is CCCC(C(=O)NN)N1CCN(CCN(C)C)CC1. The molecule has 6 nitrogen and oxygen atoms in total. The van der Waals surface area contributed by atoms with Gasteiger partial charge in [0.05, 0.1) is 6.04 Å². The summed E-state index contributed by atoms with van der Waals surface area (Å²) in [6.07, 6.45) is 1.87. The maximum atomic E-state index is 11.8. The van der Waals surface area contributed by atoms with Crippen molar-refractivity contribution >= 4 is 5.91 Å². The van der Waals surface area contributed by atoms with Gasteiger partial charge in [-0.05, 0) is 20.5 Å².